The van der Waals surface area contributed by atoms with E-state index in [1.54, 1.807) is 43.3 Å². The van der Waals surface area contributed by atoms with Gasteiger partial charge in [0.15, 0.2) is 6.10 Å². The van der Waals surface area contributed by atoms with Gasteiger partial charge in [0.2, 0.25) is 0 Å². The van der Waals surface area contributed by atoms with Crippen LogP contribution in [0, 0.1) is 3.57 Å². The molecule has 4 aromatic rings. The molecule has 1 atom stereocenters. The standard InChI is InChI=1S/C29H23IN2O4/c1-20(35-24-17-13-23(14-18-24)22-7-3-2-4-8-22)28(33)32-31-19-21-11-15-25(16-12-21)36-29(34)26-9-5-6-10-27(26)30/h2-20H,1H3,(H,32,33)/b31-19-/t20-/m1/s1. The Labute approximate surface area is 223 Å². The molecule has 0 heterocycles. The first-order valence-corrected chi connectivity index (χ1v) is 12.3. The molecule has 7 heteroatoms. The van der Waals surface area contributed by atoms with Gasteiger partial charge in [-0.2, -0.15) is 5.10 Å². The number of benzene rings is 4. The van der Waals surface area contributed by atoms with Crippen LogP contribution in [0.25, 0.3) is 11.1 Å². The highest BCUT2D eigenvalue weighted by atomic mass is 127. The van der Waals surface area contributed by atoms with Gasteiger partial charge in [0.25, 0.3) is 5.91 Å². The summed E-state index contributed by atoms with van der Waals surface area (Å²) in [5.74, 6) is 0.219. The van der Waals surface area contributed by atoms with Crippen LogP contribution >= 0.6 is 22.6 Å². The fourth-order valence-electron chi connectivity index (χ4n) is 3.29. The lowest BCUT2D eigenvalue weighted by Gasteiger charge is -2.13. The van der Waals surface area contributed by atoms with Gasteiger partial charge in [-0.3, -0.25) is 4.79 Å². The first kappa shape index (κ1) is 25.1. The molecular formula is C29H23IN2O4. The number of hydrazone groups is 1. The van der Waals surface area contributed by atoms with Gasteiger partial charge in [-0.25, -0.2) is 10.2 Å². The molecule has 180 valence electrons. The third-order valence-electron chi connectivity index (χ3n) is 5.22. The summed E-state index contributed by atoms with van der Waals surface area (Å²) >= 11 is 2.10. The summed E-state index contributed by atoms with van der Waals surface area (Å²) in [7, 11) is 0. The van der Waals surface area contributed by atoms with Crippen LogP contribution in [0.2, 0.25) is 0 Å². The molecular weight excluding hydrogens is 567 g/mol. The summed E-state index contributed by atoms with van der Waals surface area (Å²) in [4.78, 5) is 24.7. The number of nitrogens with zero attached hydrogens (tertiary/aromatic N) is 1. The third-order valence-corrected chi connectivity index (χ3v) is 6.16. The van der Waals surface area contributed by atoms with Gasteiger partial charge in [-0.1, -0.05) is 54.6 Å². The Morgan fingerprint density at radius 2 is 1.42 bits per heavy atom. The number of ether oxygens (including phenoxy) is 2. The molecule has 0 saturated heterocycles. The second kappa shape index (κ2) is 12.1. The number of esters is 1. The maximum atomic E-state index is 12.4. The molecule has 6 nitrogen and oxygen atoms in total. The number of rotatable bonds is 8. The highest BCUT2D eigenvalue weighted by molar-refractivity contribution is 14.1. The number of carbonyl (C=O) groups is 2. The van der Waals surface area contributed by atoms with E-state index in [0.717, 1.165) is 20.3 Å². The van der Waals surface area contributed by atoms with Gasteiger partial charge < -0.3 is 9.47 Å². The SMILES string of the molecule is C[C@@H](Oc1ccc(-c2ccccc2)cc1)C(=O)N/N=C\c1ccc(OC(=O)c2ccccc2I)cc1. The van der Waals surface area contributed by atoms with Crippen LogP contribution in [0.5, 0.6) is 11.5 Å². The van der Waals surface area contributed by atoms with Crippen LogP contribution in [0.1, 0.15) is 22.8 Å². The van der Waals surface area contributed by atoms with E-state index in [-0.39, 0.29) is 5.91 Å². The summed E-state index contributed by atoms with van der Waals surface area (Å²) in [5, 5.41) is 3.99. The van der Waals surface area contributed by atoms with Gasteiger partial charge in [0, 0.05) is 3.57 Å². The van der Waals surface area contributed by atoms with E-state index in [1.807, 2.05) is 66.7 Å². The molecule has 0 aromatic heterocycles. The zero-order chi connectivity index (χ0) is 25.3. The Kier molecular flexibility index (Phi) is 8.46. The van der Waals surface area contributed by atoms with Crippen molar-refractivity contribution in [2.24, 2.45) is 5.10 Å². The monoisotopic (exact) mass is 590 g/mol. The van der Waals surface area contributed by atoms with Crippen molar-refractivity contribution in [1.29, 1.82) is 0 Å². The smallest absolute Gasteiger partial charge is 0.344 e. The summed E-state index contributed by atoms with van der Waals surface area (Å²) < 4.78 is 12.0. The molecule has 0 aliphatic rings. The van der Waals surface area contributed by atoms with Crippen molar-refractivity contribution in [3.05, 3.63) is 118 Å². The second-order valence-electron chi connectivity index (χ2n) is 7.82. The maximum absolute atomic E-state index is 12.4. The summed E-state index contributed by atoms with van der Waals surface area (Å²) in [5.41, 5.74) is 5.90. The molecule has 0 saturated carbocycles. The zero-order valence-corrected chi connectivity index (χ0v) is 21.6. The first-order valence-electron chi connectivity index (χ1n) is 11.2. The molecule has 0 aliphatic carbocycles. The number of hydrogen-bond acceptors (Lipinski definition) is 5. The van der Waals surface area contributed by atoms with Gasteiger partial charge in [0.1, 0.15) is 11.5 Å². The van der Waals surface area contributed by atoms with E-state index in [0.29, 0.717) is 17.1 Å². The highest BCUT2D eigenvalue weighted by Crippen LogP contribution is 2.22. The van der Waals surface area contributed by atoms with Crippen LogP contribution in [-0.4, -0.2) is 24.2 Å². The van der Waals surface area contributed by atoms with E-state index < -0.39 is 12.1 Å². The van der Waals surface area contributed by atoms with Crippen molar-refractivity contribution in [3.8, 4) is 22.6 Å². The average Bonchev–Trinajstić information content (AvgIpc) is 2.90. The Morgan fingerprint density at radius 1 is 0.806 bits per heavy atom. The fourth-order valence-corrected chi connectivity index (χ4v) is 3.89. The Morgan fingerprint density at radius 3 is 2.11 bits per heavy atom. The normalized spacial score (nSPS) is 11.6. The quantitative estimate of drug-likeness (QED) is 0.0886. The van der Waals surface area contributed by atoms with Crippen LogP contribution in [-0.2, 0) is 4.79 Å². The predicted octanol–water partition coefficient (Wildman–Crippen LogP) is 6.10. The number of nitrogens with one attached hydrogen (secondary N) is 1. The van der Waals surface area contributed by atoms with Gasteiger partial charge in [-0.15, -0.1) is 0 Å². The number of amides is 1. The minimum Gasteiger partial charge on any atom is -0.481 e. The zero-order valence-electron chi connectivity index (χ0n) is 19.4. The van der Waals surface area contributed by atoms with Crippen LogP contribution in [0.3, 0.4) is 0 Å². The Balaban J connectivity index is 1.26. The van der Waals surface area contributed by atoms with E-state index in [2.05, 4.69) is 33.1 Å². The highest BCUT2D eigenvalue weighted by Gasteiger charge is 2.14. The number of halogens is 1. The summed E-state index contributed by atoms with van der Waals surface area (Å²) in [6.07, 6.45) is 0.776. The van der Waals surface area contributed by atoms with Gasteiger partial charge in [-0.05, 0) is 94.7 Å². The number of hydrogen-bond donors (Lipinski definition) is 1. The van der Waals surface area contributed by atoms with Crippen molar-refractivity contribution < 1.29 is 19.1 Å². The van der Waals surface area contributed by atoms with Gasteiger partial charge >= 0.3 is 5.97 Å². The van der Waals surface area contributed by atoms with Crippen molar-refractivity contribution >= 4 is 40.7 Å². The molecule has 4 aromatic carbocycles. The molecule has 1 amide bonds. The molecule has 36 heavy (non-hydrogen) atoms. The molecule has 0 unspecified atom stereocenters. The lowest BCUT2D eigenvalue weighted by atomic mass is 10.1. The van der Waals surface area contributed by atoms with Crippen LogP contribution < -0.4 is 14.9 Å². The minimum absolute atomic E-state index is 0.374. The Bertz CT molecular complexity index is 1350. The molecule has 1 N–H and O–H groups in total. The third kappa shape index (κ3) is 6.79. The summed E-state index contributed by atoms with van der Waals surface area (Å²) in [6.45, 7) is 1.66. The maximum Gasteiger partial charge on any atom is 0.344 e. The Hall–Kier alpha value is -3.98. The average molecular weight is 590 g/mol. The number of carbonyl (C=O) groups excluding carboxylic acids is 2. The topological polar surface area (TPSA) is 77.0 Å². The molecule has 0 bridgehead atoms. The lowest BCUT2D eigenvalue weighted by Crippen LogP contribution is -2.33. The predicted molar refractivity (Wildman–Crippen MR) is 148 cm³/mol. The minimum atomic E-state index is -0.729. The molecule has 0 aliphatic heterocycles. The molecule has 0 fully saturated rings. The largest absolute Gasteiger partial charge is 0.481 e. The first-order chi connectivity index (χ1) is 17.5. The summed E-state index contributed by atoms with van der Waals surface area (Å²) in [6, 6.07) is 31.6. The molecule has 0 spiro atoms. The lowest BCUT2D eigenvalue weighted by molar-refractivity contribution is -0.127. The molecule has 0 radical (unpaired) electrons. The van der Waals surface area contributed by atoms with E-state index >= 15 is 0 Å². The van der Waals surface area contributed by atoms with Crippen LogP contribution in [0.4, 0.5) is 0 Å². The molecule has 4 rings (SSSR count). The van der Waals surface area contributed by atoms with E-state index in [9.17, 15) is 9.59 Å². The van der Waals surface area contributed by atoms with Crippen molar-refractivity contribution in [2.75, 3.05) is 0 Å². The van der Waals surface area contributed by atoms with Crippen molar-refractivity contribution in [3.63, 3.8) is 0 Å². The van der Waals surface area contributed by atoms with Crippen molar-refractivity contribution in [1.82, 2.24) is 5.43 Å². The second-order valence-corrected chi connectivity index (χ2v) is 8.99. The fraction of sp³-hybridized carbons (Fsp3) is 0.0690. The van der Waals surface area contributed by atoms with Crippen LogP contribution in [0.15, 0.2) is 108 Å². The van der Waals surface area contributed by atoms with Gasteiger partial charge in [0.05, 0.1) is 11.8 Å². The van der Waals surface area contributed by atoms with E-state index in [4.69, 9.17) is 9.47 Å². The van der Waals surface area contributed by atoms with Crippen molar-refractivity contribution in [2.45, 2.75) is 13.0 Å². The van der Waals surface area contributed by atoms with E-state index in [1.165, 1.54) is 6.21 Å².